The molecule has 0 radical (unpaired) electrons. The largest absolute Gasteiger partial charge is 0.365 e. The smallest absolute Gasteiger partial charge is 0.263 e. The van der Waals surface area contributed by atoms with Crippen molar-refractivity contribution in [2.45, 2.75) is 13.3 Å². The fraction of sp³-hybridized carbons (Fsp3) is 0.231. The minimum atomic E-state index is -0.730. The average Bonchev–Trinajstić information content (AvgIpc) is 2.42. The van der Waals surface area contributed by atoms with Crippen molar-refractivity contribution in [1.29, 1.82) is 0 Å². The molecule has 2 N–H and O–H groups in total. The summed E-state index contributed by atoms with van der Waals surface area (Å²) in [5, 5.41) is 7.52. The third kappa shape index (κ3) is 2.24. The standard InChI is InChI=1S/C13H14N4O2/c1-3-11-9(8-4-5-15-16-7-8)6-10(12(14)18)13(19)17(11)2/h4-7H,3H2,1-2H3,(H2,14,18). The molecule has 6 nitrogen and oxygen atoms in total. The Bertz CT molecular complexity index is 677. The first-order valence-corrected chi connectivity index (χ1v) is 5.86. The zero-order chi connectivity index (χ0) is 14.0. The van der Waals surface area contributed by atoms with E-state index in [4.69, 9.17) is 5.73 Å². The van der Waals surface area contributed by atoms with Crippen molar-refractivity contribution in [3.63, 3.8) is 0 Å². The normalized spacial score (nSPS) is 10.4. The Hall–Kier alpha value is -2.50. The molecule has 2 aromatic heterocycles. The van der Waals surface area contributed by atoms with Crippen molar-refractivity contribution in [2.75, 3.05) is 0 Å². The maximum absolute atomic E-state index is 12.0. The predicted molar refractivity (Wildman–Crippen MR) is 70.6 cm³/mol. The topological polar surface area (TPSA) is 90.9 Å². The van der Waals surface area contributed by atoms with E-state index < -0.39 is 5.91 Å². The van der Waals surface area contributed by atoms with Crippen LogP contribution in [0.4, 0.5) is 0 Å². The number of carbonyl (C=O) groups excluding carboxylic acids is 1. The molecule has 98 valence electrons. The molecule has 19 heavy (non-hydrogen) atoms. The number of nitrogens with two attached hydrogens (primary N) is 1. The van der Waals surface area contributed by atoms with Crippen LogP contribution < -0.4 is 11.3 Å². The molecule has 2 heterocycles. The SMILES string of the molecule is CCc1c(-c2ccnnc2)cc(C(N)=O)c(=O)n1C. The van der Waals surface area contributed by atoms with Gasteiger partial charge < -0.3 is 10.3 Å². The van der Waals surface area contributed by atoms with Crippen molar-refractivity contribution in [3.8, 4) is 11.1 Å². The fourth-order valence-electron chi connectivity index (χ4n) is 2.08. The summed E-state index contributed by atoms with van der Waals surface area (Å²) in [5.41, 5.74) is 7.23. The second-order valence-electron chi connectivity index (χ2n) is 4.13. The Morgan fingerprint density at radius 3 is 2.68 bits per heavy atom. The molecule has 0 bridgehead atoms. The van der Waals surface area contributed by atoms with Crippen LogP contribution in [0.2, 0.25) is 0 Å². The first-order valence-electron chi connectivity index (χ1n) is 5.86. The summed E-state index contributed by atoms with van der Waals surface area (Å²) in [6.45, 7) is 1.94. The van der Waals surface area contributed by atoms with E-state index in [9.17, 15) is 9.59 Å². The molecule has 0 saturated carbocycles. The molecular weight excluding hydrogens is 244 g/mol. The summed E-state index contributed by atoms with van der Waals surface area (Å²) < 4.78 is 1.45. The van der Waals surface area contributed by atoms with Crippen LogP contribution in [0.5, 0.6) is 0 Å². The van der Waals surface area contributed by atoms with E-state index in [1.54, 1.807) is 25.5 Å². The molecular formula is C13H14N4O2. The van der Waals surface area contributed by atoms with Crippen molar-refractivity contribution in [2.24, 2.45) is 12.8 Å². The van der Waals surface area contributed by atoms with Crippen molar-refractivity contribution in [3.05, 3.63) is 46.1 Å². The van der Waals surface area contributed by atoms with Crippen LogP contribution >= 0.6 is 0 Å². The monoisotopic (exact) mass is 258 g/mol. The third-order valence-corrected chi connectivity index (χ3v) is 3.04. The van der Waals surface area contributed by atoms with E-state index in [1.807, 2.05) is 6.92 Å². The lowest BCUT2D eigenvalue weighted by atomic mass is 10.0. The van der Waals surface area contributed by atoms with Crippen LogP contribution in [0, 0.1) is 0 Å². The second-order valence-corrected chi connectivity index (χ2v) is 4.13. The number of primary amides is 1. The van der Waals surface area contributed by atoms with Gasteiger partial charge in [-0.15, -0.1) is 0 Å². The summed E-state index contributed by atoms with van der Waals surface area (Å²) >= 11 is 0. The molecule has 0 saturated heterocycles. The maximum Gasteiger partial charge on any atom is 0.263 e. The van der Waals surface area contributed by atoms with E-state index in [2.05, 4.69) is 10.2 Å². The van der Waals surface area contributed by atoms with Crippen LogP contribution in [0.25, 0.3) is 11.1 Å². The fourth-order valence-corrected chi connectivity index (χ4v) is 2.08. The van der Waals surface area contributed by atoms with E-state index in [0.717, 1.165) is 16.8 Å². The Kier molecular flexibility index (Phi) is 3.41. The molecule has 2 rings (SSSR count). The van der Waals surface area contributed by atoms with Gasteiger partial charge in [0.1, 0.15) is 5.56 Å². The van der Waals surface area contributed by atoms with Crippen LogP contribution in [0.1, 0.15) is 23.0 Å². The molecule has 0 fully saturated rings. The highest BCUT2D eigenvalue weighted by molar-refractivity contribution is 5.93. The zero-order valence-electron chi connectivity index (χ0n) is 10.8. The number of aromatic nitrogens is 3. The average molecular weight is 258 g/mol. The number of hydrogen-bond donors (Lipinski definition) is 1. The first kappa shape index (κ1) is 12.9. The highest BCUT2D eigenvalue weighted by atomic mass is 16.2. The molecule has 0 aliphatic rings. The molecule has 0 unspecified atom stereocenters. The van der Waals surface area contributed by atoms with Gasteiger partial charge in [0.05, 0.1) is 12.4 Å². The summed E-state index contributed by atoms with van der Waals surface area (Å²) in [6, 6.07) is 3.30. The molecule has 0 spiro atoms. The zero-order valence-corrected chi connectivity index (χ0v) is 10.8. The van der Waals surface area contributed by atoms with Gasteiger partial charge in [-0.05, 0) is 18.6 Å². The van der Waals surface area contributed by atoms with Crippen LogP contribution in [0.15, 0.2) is 29.3 Å². The van der Waals surface area contributed by atoms with Gasteiger partial charge in [0, 0.05) is 23.9 Å². The number of pyridine rings is 1. The van der Waals surface area contributed by atoms with Gasteiger partial charge in [-0.1, -0.05) is 6.92 Å². The Balaban J connectivity index is 2.80. The van der Waals surface area contributed by atoms with Gasteiger partial charge in [0.15, 0.2) is 0 Å². The quantitative estimate of drug-likeness (QED) is 0.868. The number of rotatable bonds is 3. The summed E-state index contributed by atoms with van der Waals surface area (Å²) in [5.74, 6) is -0.730. The highest BCUT2D eigenvalue weighted by Gasteiger charge is 2.15. The molecule has 6 heteroatoms. The molecule has 0 atom stereocenters. The summed E-state index contributed by atoms with van der Waals surface area (Å²) in [7, 11) is 1.63. The Morgan fingerprint density at radius 2 is 2.16 bits per heavy atom. The van der Waals surface area contributed by atoms with Crippen molar-refractivity contribution >= 4 is 5.91 Å². The summed E-state index contributed by atoms with van der Waals surface area (Å²) in [6.07, 6.45) is 3.80. The Labute approximate surface area is 109 Å². The number of hydrogen-bond acceptors (Lipinski definition) is 4. The van der Waals surface area contributed by atoms with Crippen LogP contribution in [-0.4, -0.2) is 20.7 Å². The van der Waals surface area contributed by atoms with Gasteiger partial charge in [0.25, 0.3) is 11.5 Å². The molecule has 0 aromatic carbocycles. The van der Waals surface area contributed by atoms with Crippen molar-refractivity contribution in [1.82, 2.24) is 14.8 Å². The Morgan fingerprint density at radius 1 is 1.42 bits per heavy atom. The third-order valence-electron chi connectivity index (χ3n) is 3.04. The van der Waals surface area contributed by atoms with Gasteiger partial charge >= 0.3 is 0 Å². The van der Waals surface area contributed by atoms with Gasteiger partial charge in [0.2, 0.25) is 0 Å². The van der Waals surface area contributed by atoms with E-state index in [1.165, 1.54) is 10.6 Å². The van der Waals surface area contributed by atoms with E-state index >= 15 is 0 Å². The second kappa shape index (κ2) is 5.01. The minimum absolute atomic E-state index is 0.0217. The number of nitrogens with zero attached hydrogens (tertiary/aromatic N) is 3. The first-order chi connectivity index (χ1) is 9.06. The van der Waals surface area contributed by atoms with E-state index in [0.29, 0.717) is 6.42 Å². The predicted octanol–water partition coefficient (Wildman–Crippen LogP) is 0.504. The molecule has 1 amide bonds. The lowest BCUT2D eigenvalue weighted by molar-refractivity contribution is 0.0998. The molecule has 0 aliphatic heterocycles. The van der Waals surface area contributed by atoms with Crippen LogP contribution in [0.3, 0.4) is 0 Å². The number of carbonyl (C=O) groups is 1. The molecule has 0 aliphatic carbocycles. The molecule has 2 aromatic rings. The van der Waals surface area contributed by atoms with E-state index in [-0.39, 0.29) is 11.1 Å². The lowest BCUT2D eigenvalue weighted by Gasteiger charge is -2.14. The van der Waals surface area contributed by atoms with Gasteiger partial charge in [-0.3, -0.25) is 9.59 Å². The summed E-state index contributed by atoms with van der Waals surface area (Å²) in [4.78, 5) is 23.3. The lowest BCUT2D eigenvalue weighted by Crippen LogP contribution is -2.30. The number of amides is 1. The minimum Gasteiger partial charge on any atom is -0.365 e. The van der Waals surface area contributed by atoms with Crippen LogP contribution in [-0.2, 0) is 13.5 Å². The maximum atomic E-state index is 12.0. The highest BCUT2D eigenvalue weighted by Crippen LogP contribution is 2.22. The van der Waals surface area contributed by atoms with Crippen molar-refractivity contribution < 1.29 is 4.79 Å². The van der Waals surface area contributed by atoms with Gasteiger partial charge in [-0.2, -0.15) is 10.2 Å². The van der Waals surface area contributed by atoms with Gasteiger partial charge in [-0.25, -0.2) is 0 Å².